The molecule has 1 aliphatic rings. The van der Waals surface area contributed by atoms with E-state index < -0.39 is 0 Å². The second-order valence-electron chi connectivity index (χ2n) is 6.50. The number of rotatable bonds is 4. The number of aromatic amines is 1. The Hall–Kier alpha value is -2.14. The molecule has 5 nitrogen and oxygen atoms in total. The molecule has 0 saturated heterocycles. The van der Waals surface area contributed by atoms with Gasteiger partial charge in [0.05, 0.1) is 6.54 Å². The highest BCUT2D eigenvalue weighted by molar-refractivity contribution is 5.84. The molecule has 1 aliphatic carbocycles. The summed E-state index contributed by atoms with van der Waals surface area (Å²) < 4.78 is 1.86. The molecule has 2 aromatic heterocycles. The van der Waals surface area contributed by atoms with Crippen molar-refractivity contribution in [3.8, 4) is 0 Å². The molecule has 0 radical (unpaired) electrons. The second kappa shape index (κ2) is 5.25. The third-order valence-electron chi connectivity index (χ3n) is 4.87. The quantitative estimate of drug-likeness (QED) is 0.805. The number of hydrogen-bond acceptors (Lipinski definition) is 3. The molecule has 0 bridgehead atoms. The molecule has 3 aromatic rings. The van der Waals surface area contributed by atoms with E-state index in [9.17, 15) is 0 Å². The van der Waals surface area contributed by atoms with Crippen LogP contribution in [-0.4, -0.2) is 44.8 Å². The fourth-order valence-corrected chi connectivity index (χ4v) is 3.39. The Bertz CT molecular complexity index is 766. The zero-order valence-electron chi connectivity index (χ0n) is 13.0. The van der Waals surface area contributed by atoms with E-state index in [0.717, 1.165) is 12.6 Å². The van der Waals surface area contributed by atoms with Crippen LogP contribution in [0.3, 0.4) is 0 Å². The lowest BCUT2D eigenvalue weighted by molar-refractivity contribution is 0.167. The van der Waals surface area contributed by atoms with Crippen LogP contribution >= 0.6 is 0 Å². The molecule has 114 valence electrons. The topological polar surface area (TPSA) is 49.7 Å². The minimum atomic E-state index is 0.683. The summed E-state index contributed by atoms with van der Waals surface area (Å²) in [4.78, 5) is 9.76. The Balaban J connectivity index is 1.60. The lowest BCUT2D eigenvalue weighted by Crippen LogP contribution is -2.39. The number of benzene rings is 1. The fourth-order valence-electron chi connectivity index (χ4n) is 3.39. The third-order valence-corrected chi connectivity index (χ3v) is 4.87. The van der Waals surface area contributed by atoms with Crippen molar-refractivity contribution >= 4 is 10.9 Å². The van der Waals surface area contributed by atoms with E-state index in [1.54, 1.807) is 12.7 Å². The van der Waals surface area contributed by atoms with Crippen LogP contribution in [0.2, 0.25) is 0 Å². The van der Waals surface area contributed by atoms with E-state index in [0.29, 0.717) is 5.92 Å². The van der Waals surface area contributed by atoms with Crippen molar-refractivity contribution in [1.82, 2.24) is 24.6 Å². The molecule has 0 spiro atoms. The first-order chi connectivity index (χ1) is 10.7. The van der Waals surface area contributed by atoms with Crippen molar-refractivity contribution in [3.05, 3.63) is 48.2 Å². The molecule has 1 saturated carbocycles. The van der Waals surface area contributed by atoms with Crippen LogP contribution in [0, 0.1) is 0 Å². The highest BCUT2D eigenvalue weighted by atomic mass is 15.3. The van der Waals surface area contributed by atoms with E-state index in [1.165, 1.54) is 34.9 Å². The number of fused-ring (bicyclic) bond motifs is 1. The fraction of sp³-hybridized carbons (Fsp3) is 0.412. The first-order valence-corrected chi connectivity index (χ1v) is 7.79. The Morgan fingerprint density at radius 2 is 2.18 bits per heavy atom. The van der Waals surface area contributed by atoms with E-state index in [1.807, 2.05) is 4.68 Å². The van der Waals surface area contributed by atoms with Crippen molar-refractivity contribution in [3.63, 3.8) is 0 Å². The van der Waals surface area contributed by atoms with Crippen molar-refractivity contribution in [2.24, 2.45) is 0 Å². The van der Waals surface area contributed by atoms with Gasteiger partial charge >= 0.3 is 0 Å². The lowest BCUT2D eigenvalue weighted by Gasteiger charge is -2.39. The molecule has 0 atom stereocenters. The van der Waals surface area contributed by atoms with Gasteiger partial charge in [0.2, 0.25) is 0 Å². The summed E-state index contributed by atoms with van der Waals surface area (Å²) in [6.07, 6.45) is 8.05. The van der Waals surface area contributed by atoms with Gasteiger partial charge in [-0.1, -0.05) is 6.07 Å². The van der Waals surface area contributed by atoms with Crippen molar-refractivity contribution in [2.45, 2.75) is 31.3 Å². The largest absolute Gasteiger partial charge is 0.361 e. The Morgan fingerprint density at radius 1 is 1.32 bits per heavy atom. The van der Waals surface area contributed by atoms with Crippen LogP contribution in [0.25, 0.3) is 10.9 Å². The zero-order chi connectivity index (χ0) is 15.1. The van der Waals surface area contributed by atoms with Crippen LogP contribution < -0.4 is 0 Å². The van der Waals surface area contributed by atoms with Crippen molar-refractivity contribution in [2.75, 3.05) is 14.1 Å². The van der Waals surface area contributed by atoms with Gasteiger partial charge in [0, 0.05) is 23.1 Å². The maximum Gasteiger partial charge on any atom is 0.137 e. The molecular formula is C17H21N5. The molecule has 1 aromatic carbocycles. The van der Waals surface area contributed by atoms with E-state index >= 15 is 0 Å². The number of nitrogens with one attached hydrogen (secondary N) is 1. The normalized spacial score (nSPS) is 21.4. The molecule has 5 heteroatoms. The molecule has 1 fully saturated rings. The summed E-state index contributed by atoms with van der Waals surface area (Å²) in [6, 6.07) is 7.36. The van der Waals surface area contributed by atoms with Crippen molar-refractivity contribution < 1.29 is 0 Å². The number of H-pyrrole nitrogens is 1. The van der Waals surface area contributed by atoms with Gasteiger partial charge < -0.3 is 9.88 Å². The molecule has 0 unspecified atom stereocenters. The second-order valence-corrected chi connectivity index (χ2v) is 6.50. The number of hydrogen-bond donors (Lipinski definition) is 1. The predicted molar refractivity (Wildman–Crippen MR) is 86.9 cm³/mol. The summed E-state index contributed by atoms with van der Waals surface area (Å²) >= 11 is 0. The summed E-state index contributed by atoms with van der Waals surface area (Å²) in [6.45, 7) is 0.769. The average Bonchev–Trinajstić information content (AvgIpc) is 3.07. The van der Waals surface area contributed by atoms with Gasteiger partial charge in [-0.25, -0.2) is 9.67 Å². The van der Waals surface area contributed by atoms with Crippen LogP contribution in [-0.2, 0) is 6.54 Å². The van der Waals surface area contributed by atoms with Gasteiger partial charge in [-0.05, 0) is 56.1 Å². The van der Waals surface area contributed by atoms with Gasteiger partial charge in [0.1, 0.15) is 12.7 Å². The summed E-state index contributed by atoms with van der Waals surface area (Å²) in [5, 5.41) is 5.55. The molecule has 2 heterocycles. The number of nitrogens with zero attached hydrogens (tertiary/aromatic N) is 4. The van der Waals surface area contributed by atoms with Crippen molar-refractivity contribution in [1.29, 1.82) is 0 Å². The van der Waals surface area contributed by atoms with Gasteiger partial charge in [-0.15, -0.1) is 0 Å². The first kappa shape index (κ1) is 13.5. The monoisotopic (exact) mass is 295 g/mol. The average molecular weight is 295 g/mol. The zero-order valence-corrected chi connectivity index (χ0v) is 13.0. The maximum atomic E-state index is 4.19. The Labute approximate surface area is 130 Å². The summed E-state index contributed by atoms with van der Waals surface area (Å²) in [7, 11) is 4.35. The van der Waals surface area contributed by atoms with Gasteiger partial charge in [0.25, 0.3) is 0 Å². The van der Waals surface area contributed by atoms with Gasteiger partial charge in [-0.2, -0.15) is 5.10 Å². The van der Waals surface area contributed by atoms with Gasteiger partial charge in [-0.3, -0.25) is 0 Å². The lowest BCUT2D eigenvalue weighted by atomic mass is 9.75. The minimum Gasteiger partial charge on any atom is -0.361 e. The van der Waals surface area contributed by atoms with Crippen LogP contribution in [0.4, 0.5) is 0 Å². The van der Waals surface area contributed by atoms with Crippen LogP contribution in [0.15, 0.2) is 37.1 Å². The highest BCUT2D eigenvalue weighted by Gasteiger charge is 2.32. The summed E-state index contributed by atoms with van der Waals surface area (Å²) in [5.41, 5.74) is 3.96. The Morgan fingerprint density at radius 3 is 2.91 bits per heavy atom. The minimum absolute atomic E-state index is 0.683. The molecule has 0 aliphatic heterocycles. The standard InChI is InChI=1S/C17H21N5/c1-21(2)14-6-13(7-14)16-8-19-17-4-3-12(5-15(16)17)9-22-11-18-10-20-22/h3-5,8,10-11,13-14,19H,6-7,9H2,1-2H3/t13-,14+. The highest BCUT2D eigenvalue weighted by Crippen LogP contribution is 2.41. The summed E-state index contributed by atoms with van der Waals surface area (Å²) in [5.74, 6) is 0.683. The SMILES string of the molecule is CN(C)[C@H]1C[C@@H](c2c[nH]c3ccc(Cn4cncn4)cc32)C1. The van der Waals surface area contributed by atoms with Gasteiger partial charge in [0.15, 0.2) is 0 Å². The molecule has 4 rings (SSSR count). The molecule has 1 N–H and O–H groups in total. The molecule has 22 heavy (non-hydrogen) atoms. The van der Waals surface area contributed by atoms with E-state index in [2.05, 4.69) is 58.5 Å². The van der Waals surface area contributed by atoms with E-state index in [-0.39, 0.29) is 0 Å². The third kappa shape index (κ3) is 2.31. The first-order valence-electron chi connectivity index (χ1n) is 7.79. The van der Waals surface area contributed by atoms with Crippen LogP contribution in [0.5, 0.6) is 0 Å². The molecule has 0 amide bonds. The number of aromatic nitrogens is 4. The smallest absolute Gasteiger partial charge is 0.137 e. The van der Waals surface area contributed by atoms with E-state index in [4.69, 9.17) is 0 Å². The maximum absolute atomic E-state index is 4.19. The van der Waals surface area contributed by atoms with Crippen LogP contribution in [0.1, 0.15) is 29.9 Å². The molecular weight excluding hydrogens is 274 g/mol. The predicted octanol–water partition coefficient (Wildman–Crippen LogP) is 2.62. The Kier molecular flexibility index (Phi) is 3.22.